The summed E-state index contributed by atoms with van der Waals surface area (Å²) in [7, 11) is 0. The largest absolute Gasteiger partial charge is 0.480 e. The van der Waals surface area contributed by atoms with E-state index < -0.39 is 24.0 Å². The zero-order valence-corrected chi connectivity index (χ0v) is 18.3. The summed E-state index contributed by atoms with van der Waals surface area (Å²) in [5, 5.41) is 14.7. The van der Waals surface area contributed by atoms with Crippen LogP contribution in [-0.2, 0) is 14.3 Å². The van der Waals surface area contributed by atoms with Gasteiger partial charge in [0.15, 0.2) is 0 Å². The van der Waals surface area contributed by atoms with Crippen LogP contribution in [0.25, 0.3) is 11.1 Å². The Balaban J connectivity index is 1.37. The van der Waals surface area contributed by atoms with Crippen LogP contribution in [0.2, 0.25) is 0 Å². The molecule has 2 aromatic carbocycles. The molecule has 0 saturated heterocycles. The first-order valence-corrected chi connectivity index (χ1v) is 11.2. The molecular weight excluding hydrogens is 420 g/mol. The Morgan fingerprint density at radius 1 is 1.06 bits per heavy atom. The fourth-order valence-electron chi connectivity index (χ4n) is 4.90. The number of carboxylic acid groups (broad SMARTS) is 1. The van der Waals surface area contributed by atoms with Crippen LogP contribution >= 0.6 is 0 Å². The number of alkyl carbamates (subject to hydrolysis) is 1. The summed E-state index contributed by atoms with van der Waals surface area (Å²) >= 11 is 0. The lowest BCUT2D eigenvalue weighted by atomic mass is 9.98. The van der Waals surface area contributed by atoms with E-state index in [1.165, 1.54) is 6.08 Å². The Labute approximate surface area is 192 Å². The van der Waals surface area contributed by atoms with Gasteiger partial charge >= 0.3 is 12.1 Å². The van der Waals surface area contributed by atoms with Crippen LogP contribution in [-0.4, -0.2) is 41.8 Å². The van der Waals surface area contributed by atoms with Crippen LogP contribution in [0, 0.1) is 5.92 Å². The molecule has 0 radical (unpaired) electrons. The van der Waals surface area contributed by atoms with Gasteiger partial charge in [-0.3, -0.25) is 4.79 Å². The van der Waals surface area contributed by atoms with Gasteiger partial charge in [0.25, 0.3) is 0 Å². The van der Waals surface area contributed by atoms with Crippen LogP contribution in [0.3, 0.4) is 0 Å². The van der Waals surface area contributed by atoms with Crippen LogP contribution in [0.15, 0.2) is 61.2 Å². The van der Waals surface area contributed by atoms with E-state index in [1.807, 2.05) is 24.3 Å². The van der Waals surface area contributed by atoms with Gasteiger partial charge in [0, 0.05) is 12.0 Å². The highest BCUT2D eigenvalue weighted by molar-refractivity contribution is 5.86. The fraction of sp³-hybridized carbons (Fsp3) is 0.346. The number of hydrogen-bond acceptors (Lipinski definition) is 4. The molecule has 2 amide bonds. The van der Waals surface area contributed by atoms with E-state index >= 15 is 0 Å². The van der Waals surface area contributed by atoms with Gasteiger partial charge < -0.3 is 20.5 Å². The minimum Gasteiger partial charge on any atom is -0.480 e. The zero-order chi connectivity index (χ0) is 23.4. The van der Waals surface area contributed by atoms with Crippen LogP contribution in [0.5, 0.6) is 0 Å². The summed E-state index contributed by atoms with van der Waals surface area (Å²) < 4.78 is 5.60. The number of hydrogen-bond donors (Lipinski definition) is 3. The van der Waals surface area contributed by atoms with Crippen LogP contribution in [0.4, 0.5) is 4.79 Å². The topological polar surface area (TPSA) is 105 Å². The van der Waals surface area contributed by atoms with Crippen molar-refractivity contribution in [3.8, 4) is 11.1 Å². The van der Waals surface area contributed by atoms with Gasteiger partial charge in [0.2, 0.25) is 5.91 Å². The number of fused-ring (bicyclic) bond motifs is 3. The lowest BCUT2D eigenvalue weighted by Gasteiger charge is -2.23. The molecule has 0 spiro atoms. The third-order valence-electron chi connectivity index (χ3n) is 6.52. The van der Waals surface area contributed by atoms with Crippen molar-refractivity contribution < 1.29 is 24.2 Å². The van der Waals surface area contributed by atoms with Gasteiger partial charge in [-0.15, -0.1) is 6.58 Å². The highest BCUT2D eigenvalue weighted by Gasteiger charge is 2.36. The maximum absolute atomic E-state index is 12.7. The normalized spacial score (nSPS) is 19.8. The summed E-state index contributed by atoms with van der Waals surface area (Å²) in [6.45, 7) is 3.73. The summed E-state index contributed by atoms with van der Waals surface area (Å²) in [5.74, 6) is -2.01. The van der Waals surface area contributed by atoms with Crippen molar-refractivity contribution in [3.63, 3.8) is 0 Å². The number of rotatable bonds is 8. The number of ether oxygens (including phenoxy) is 1. The van der Waals surface area contributed by atoms with Crippen molar-refractivity contribution >= 4 is 18.0 Å². The molecule has 1 saturated carbocycles. The number of nitrogens with one attached hydrogen (secondary N) is 2. The van der Waals surface area contributed by atoms with E-state index in [9.17, 15) is 19.5 Å². The molecule has 4 rings (SSSR count). The standard InChI is InChI=1S/C26H28N2O5/c1-2-8-23(25(30)31)27-24(29)20-13-7-14-22(20)28-26(32)33-15-21-18-11-5-3-9-16(18)17-10-4-6-12-19(17)21/h2-6,9-12,20-23H,1,7-8,13-15H2,(H,27,29)(H,28,32)(H,30,31)/t20-,22+,23?/m1/s1. The van der Waals surface area contributed by atoms with Gasteiger partial charge in [-0.1, -0.05) is 61.0 Å². The summed E-state index contributed by atoms with van der Waals surface area (Å²) in [6.07, 6.45) is 3.02. The molecule has 0 aromatic heterocycles. The molecule has 172 valence electrons. The van der Waals surface area contributed by atoms with Gasteiger partial charge in [-0.25, -0.2) is 9.59 Å². The molecule has 7 heteroatoms. The molecule has 2 aliphatic carbocycles. The SMILES string of the molecule is C=CCC(NC(=O)[C@@H]1CCC[C@@H]1NC(=O)OCC1c2ccccc2-c2ccccc21)C(=O)O. The van der Waals surface area contributed by atoms with Crippen molar-refractivity contribution in [3.05, 3.63) is 72.3 Å². The Hall–Kier alpha value is -3.61. The van der Waals surface area contributed by atoms with Crippen molar-refractivity contribution in [2.45, 2.75) is 43.7 Å². The number of aliphatic carboxylic acids is 1. The highest BCUT2D eigenvalue weighted by Crippen LogP contribution is 2.44. The number of carboxylic acids is 1. The second-order valence-corrected chi connectivity index (χ2v) is 8.54. The average Bonchev–Trinajstić information content (AvgIpc) is 3.40. The fourth-order valence-corrected chi connectivity index (χ4v) is 4.90. The molecule has 1 unspecified atom stereocenters. The molecule has 0 bridgehead atoms. The van der Waals surface area contributed by atoms with Gasteiger partial charge in [-0.05, 0) is 41.5 Å². The van der Waals surface area contributed by atoms with E-state index in [0.29, 0.717) is 12.8 Å². The van der Waals surface area contributed by atoms with Gasteiger partial charge in [-0.2, -0.15) is 0 Å². The number of carbonyl (C=O) groups excluding carboxylic acids is 2. The number of amides is 2. The van der Waals surface area contributed by atoms with Crippen molar-refractivity contribution in [1.82, 2.24) is 10.6 Å². The molecule has 3 atom stereocenters. The monoisotopic (exact) mass is 448 g/mol. The molecule has 0 heterocycles. The van der Waals surface area contributed by atoms with E-state index in [2.05, 4.69) is 41.5 Å². The first-order chi connectivity index (χ1) is 16.0. The molecule has 0 aliphatic heterocycles. The summed E-state index contributed by atoms with van der Waals surface area (Å²) in [5.41, 5.74) is 4.57. The number of carbonyl (C=O) groups is 3. The van der Waals surface area contributed by atoms with Gasteiger partial charge in [0.1, 0.15) is 12.6 Å². The zero-order valence-electron chi connectivity index (χ0n) is 18.3. The molecular formula is C26H28N2O5. The smallest absolute Gasteiger partial charge is 0.407 e. The first kappa shape index (κ1) is 22.6. The third kappa shape index (κ3) is 4.77. The molecule has 7 nitrogen and oxygen atoms in total. The first-order valence-electron chi connectivity index (χ1n) is 11.2. The van der Waals surface area contributed by atoms with E-state index in [-0.39, 0.29) is 30.9 Å². The Kier molecular flexibility index (Phi) is 6.77. The van der Waals surface area contributed by atoms with Gasteiger partial charge in [0.05, 0.1) is 5.92 Å². The maximum atomic E-state index is 12.7. The van der Waals surface area contributed by atoms with Crippen molar-refractivity contribution in [1.29, 1.82) is 0 Å². The second-order valence-electron chi connectivity index (χ2n) is 8.54. The average molecular weight is 449 g/mol. The van der Waals surface area contributed by atoms with E-state index in [4.69, 9.17) is 4.74 Å². The summed E-state index contributed by atoms with van der Waals surface area (Å²) in [4.78, 5) is 36.6. The molecule has 2 aromatic rings. The lowest BCUT2D eigenvalue weighted by molar-refractivity contribution is -0.142. The number of benzene rings is 2. The Morgan fingerprint density at radius 2 is 1.70 bits per heavy atom. The Morgan fingerprint density at radius 3 is 2.30 bits per heavy atom. The van der Waals surface area contributed by atoms with E-state index in [0.717, 1.165) is 28.7 Å². The molecule has 1 fully saturated rings. The predicted molar refractivity (Wildman–Crippen MR) is 124 cm³/mol. The molecule has 33 heavy (non-hydrogen) atoms. The van der Waals surface area contributed by atoms with Crippen LogP contribution < -0.4 is 10.6 Å². The highest BCUT2D eigenvalue weighted by atomic mass is 16.5. The Bertz CT molecular complexity index is 1020. The quantitative estimate of drug-likeness (QED) is 0.532. The minimum absolute atomic E-state index is 0.0407. The minimum atomic E-state index is -1.11. The lowest BCUT2D eigenvalue weighted by Crippen LogP contribution is -2.48. The van der Waals surface area contributed by atoms with Crippen molar-refractivity contribution in [2.75, 3.05) is 6.61 Å². The predicted octanol–water partition coefficient (Wildman–Crippen LogP) is 3.84. The molecule has 2 aliphatic rings. The van der Waals surface area contributed by atoms with E-state index in [1.54, 1.807) is 0 Å². The molecule has 3 N–H and O–H groups in total. The second kappa shape index (κ2) is 9.90. The van der Waals surface area contributed by atoms with Crippen molar-refractivity contribution in [2.24, 2.45) is 5.92 Å². The third-order valence-corrected chi connectivity index (χ3v) is 6.52. The van der Waals surface area contributed by atoms with Crippen LogP contribution in [0.1, 0.15) is 42.7 Å². The maximum Gasteiger partial charge on any atom is 0.407 e. The summed E-state index contributed by atoms with van der Waals surface area (Å²) in [6, 6.07) is 14.8.